The van der Waals surface area contributed by atoms with Gasteiger partial charge in [0.15, 0.2) is 0 Å². The van der Waals surface area contributed by atoms with E-state index in [0.717, 1.165) is 48.3 Å². The molecular formula is C31H30F3N3O6. The van der Waals surface area contributed by atoms with Gasteiger partial charge in [-0.2, -0.15) is 0 Å². The molecule has 0 aliphatic carbocycles. The van der Waals surface area contributed by atoms with Gasteiger partial charge < -0.3 is 25.2 Å². The van der Waals surface area contributed by atoms with Crippen molar-refractivity contribution in [3.63, 3.8) is 0 Å². The van der Waals surface area contributed by atoms with Crippen LogP contribution >= 0.6 is 0 Å². The lowest BCUT2D eigenvalue weighted by molar-refractivity contribution is -0.274. The monoisotopic (exact) mass is 597 g/mol. The lowest BCUT2D eigenvalue weighted by atomic mass is 9.90. The number of carbonyl (C=O) groups is 3. The highest BCUT2D eigenvalue weighted by Crippen LogP contribution is 2.40. The Balaban J connectivity index is 0.000000467. The number of urea groups is 1. The van der Waals surface area contributed by atoms with Crippen LogP contribution in [-0.4, -0.2) is 63.5 Å². The number of anilines is 1. The molecular weight excluding hydrogens is 567 g/mol. The average Bonchev–Trinajstić information content (AvgIpc) is 2.96. The van der Waals surface area contributed by atoms with Crippen LogP contribution in [0, 0.1) is 0 Å². The number of ether oxygens (including phenoxy) is 1. The first-order valence-electron chi connectivity index (χ1n) is 13.4. The molecule has 2 heterocycles. The summed E-state index contributed by atoms with van der Waals surface area (Å²) in [6.07, 6.45) is -2.04. The van der Waals surface area contributed by atoms with E-state index in [0.29, 0.717) is 18.7 Å². The van der Waals surface area contributed by atoms with Crippen molar-refractivity contribution < 1.29 is 42.5 Å². The van der Waals surface area contributed by atoms with E-state index in [9.17, 15) is 27.6 Å². The maximum atomic E-state index is 13.3. The average molecular weight is 598 g/mol. The van der Waals surface area contributed by atoms with Crippen molar-refractivity contribution in [2.75, 3.05) is 18.4 Å². The van der Waals surface area contributed by atoms with E-state index >= 15 is 0 Å². The van der Waals surface area contributed by atoms with Gasteiger partial charge in [0.25, 0.3) is 0 Å². The Morgan fingerprint density at radius 1 is 0.907 bits per heavy atom. The highest BCUT2D eigenvalue weighted by atomic mass is 19.4. The molecule has 43 heavy (non-hydrogen) atoms. The Morgan fingerprint density at radius 2 is 1.53 bits per heavy atom. The molecule has 2 aliphatic rings. The van der Waals surface area contributed by atoms with E-state index in [4.69, 9.17) is 10.2 Å². The molecule has 0 radical (unpaired) electrons. The molecule has 2 amide bonds. The maximum Gasteiger partial charge on any atom is 0.573 e. The molecule has 0 aromatic heterocycles. The second-order valence-electron chi connectivity index (χ2n) is 9.95. The van der Waals surface area contributed by atoms with Crippen molar-refractivity contribution >= 4 is 23.7 Å². The van der Waals surface area contributed by atoms with Gasteiger partial charge >= 0.3 is 24.3 Å². The minimum absolute atomic E-state index is 0.0460. The molecule has 0 spiro atoms. The summed E-state index contributed by atoms with van der Waals surface area (Å²) in [5, 5.41) is 18.7. The third-order valence-electron chi connectivity index (χ3n) is 6.98. The molecule has 3 aromatic carbocycles. The molecule has 3 aromatic rings. The van der Waals surface area contributed by atoms with Crippen LogP contribution in [0.1, 0.15) is 35.6 Å². The fraction of sp³-hybridized carbons (Fsp3) is 0.258. The van der Waals surface area contributed by atoms with E-state index < -0.39 is 18.3 Å². The lowest BCUT2D eigenvalue weighted by Crippen LogP contribution is -2.52. The summed E-state index contributed by atoms with van der Waals surface area (Å²) in [5.41, 5.74) is 3.74. The number of rotatable bonds is 7. The van der Waals surface area contributed by atoms with Gasteiger partial charge in [-0.3, -0.25) is 4.90 Å². The van der Waals surface area contributed by atoms with Crippen LogP contribution in [0.3, 0.4) is 0 Å². The normalized spacial score (nSPS) is 17.4. The third kappa shape index (κ3) is 8.82. The van der Waals surface area contributed by atoms with Gasteiger partial charge in [0.1, 0.15) is 5.75 Å². The third-order valence-corrected chi connectivity index (χ3v) is 6.98. The van der Waals surface area contributed by atoms with E-state index in [2.05, 4.69) is 33.2 Å². The van der Waals surface area contributed by atoms with Crippen LogP contribution in [-0.2, 0) is 16.1 Å². The molecule has 1 saturated heterocycles. The Bertz CT molecular complexity index is 1440. The van der Waals surface area contributed by atoms with Crippen LogP contribution in [0.2, 0.25) is 0 Å². The molecule has 1 fully saturated rings. The second kappa shape index (κ2) is 13.9. The van der Waals surface area contributed by atoms with Crippen molar-refractivity contribution in [3.05, 3.63) is 108 Å². The zero-order valence-electron chi connectivity index (χ0n) is 22.9. The fourth-order valence-corrected chi connectivity index (χ4v) is 5.25. The molecule has 3 N–H and O–H groups in total. The molecule has 1 unspecified atom stereocenters. The molecule has 9 nitrogen and oxygen atoms in total. The highest BCUT2D eigenvalue weighted by molar-refractivity contribution is 5.94. The number of hydrogen-bond acceptors (Lipinski definition) is 5. The molecule has 2 aliphatic heterocycles. The first-order chi connectivity index (χ1) is 20.5. The molecule has 5 rings (SSSR count). The van der Waals surface area contributed by atoms with Gasteiger partial charge in [0.05, 0.1) is 6.04 Å². The minimum atomic E-state index is -4.71. The number of alkyl halides is 3. The molecule has 0 bridgehead atoms. The van der Waals surface area contributed by atoms with Crippen LogP contribution in [0.4, 0.5) is 23.7 Å². The van der Waals surface area contributed by atoms with E-state index in [1.54, 1.807) is 12.1 Å². The number of aliphatic carboxylic acids is 2. The number of halogens is 3. The van der Waals surface area contributed by atoms with Gasteiger partial charge in [0, 0.05) is 49.1 Å². The summed E-state index contributed by atoms with van der Waals surface area (Å²) in [7, 11) is 0. The number of nitrogens with one attached hydrogen (secondary N) is 1. The van der Waals surface area contributed by atoms with E-state index in [1.165, 1.54) is 12.1 Å². The van der Waals surface area contributed by atoms with Gasteiger partial charge in [-0.1, -0.05) is 60.7 Å². The number of likely N-dealkylation sites (tertiary alicyclic amines) is 1. The first kappa shape index (κ1) is 31.1. The first-order valence-corrected chi connectivity index (χ1v) is 13.4. The van der Waals surface area contributed by atoms with Crippen molar-refractivity contribution in [3.8, 4) is 5.75 Å². The van der Waals surface area contributed by atoms with Crippen LogP contribution in [0.25, 0.3) is 0 Å². The molecule has 0 saturated carbocycles. The van der Waals surface area contributed by atoms with Gasteiger partial charge in [-0.05, 0) is 42.2 Å². The Kier molecular flexibility index (Phi) is 10.0. The molecule has 1 atom stereocenters. The zero-order valence-corrected chi connectivity index (χ0v) is 22.9. The zero-order chi connectivity index (χ0) is 31.0. The molecule has 226 valence electrons. The number of para-hydroxylation sites is 1. The largest absolute Gasteiger partial charge is 0.573 e. The number of nitrogens with zero attached hydrogens (tertiary/aromatic N) is 2. The van der Waals surface area contributed by atoms with Gasteiger partial charge in [-0.15, -0.1) is 13.2 Å². The summed E-state index contributed by atoms with van der Waals surface area (Å²) in [6, 6.07) is 23.8. The van der Waals surface area contributed by atoms with Crippen LogP contribution < -0.4 is 10.1 Å². The van der Waals surface area contributed by atoms with Crippen LogP contribution in [0.15, 0.2) is 91.0 Å². The molecule has 12 heteroatoms. The number of carboxylic acids is 2. The van der Waals surface area contributed by atoms with Crippen molar-refractivity contribution in [2.24, 2.45) is 0 Å². The number of hydrogen-bond donors (Lipinski definition) is 3. The predicted octanol–water partition coefficient (Wildman–Crippen LogP) is 5.90. The van der Waals surface area contributed by atoms with Gasteiger partial charge in [-0.25, -0.2) is 14.4 Å². The van der Waals surface area contributed by atoms with Crippen molar-refractivity contribution in [1.82, 2.24) is 9.80 Å². The lowest BCUT2D eigenvalue weighted by Gasteiger charge is -2.45. The fourth-order valence-electron chi connectivity index (χ4n) is 5.25. The Labute approximate surface area is 245 Å². The highest BCUT2D eigenvalue weighted by Gasteiger charge is 2.39. The smallest absolute Gasteiger partial charge is 0.478 e. The summed E-state index contributed by atoms with van der Waals surface area (Å²) in [5.74, 6) is -2.72. The number of carboxylic acid groups (broad SMARTS) is 2. The Morgan fingerprint density at radius 3 is 2.16 bits per heavy atom. The topological polar surface area (TPSA) is 119 Å². The standard InChI is InChI=1S/C27H26F3N3O2.C4H4O4/c28-27(29,30)35-22-10-6-7-19(17-22)18-32-15-13-21(14-16-32)33-25(20-8-2-1-3-9-20)23-11-4-5-12-24(23)31-26(33)34;5-3(6)1-2-4(7)8/h1-12,17,21,25H,13-16,18H2,(H,31,34);1-2H,(H,5,6)(H,7,8). The summed E-state index contributed by atoms with van der Waals surface area (Å²) in [6.45, 7) is 2.00. The predicted molar refractivity (Wildman–Crippen MR) is 151 cm³/mol. The second-order valence-corrected chi connectivity index (χ2v) is 9.95. The van der Waals surface area contributed by atoms with Crippen LogP contribution in [0.5, 0.6) is 5.75 Å². The van der Waals surface area contributed by atoms with E-state index in [-0.39, 0.29) is 23.9 Å². The number of benzene rings is 3. The minimum Gasteiger partial charge on any atom is -0.478 e. The Hall–Kier alpha value is -4.84. The summed E-state index contributed by atoms with van der Waals surface area (Å²) in [4.78, 5) is 36.5. The van der Waals surface area contributed by atoms with E-state index in [1.807, 2.05) is 41.3 Å². The number of piperidine rings is 1. The number of fused-ring (bicyclic) bond motifs is 1. The SMILES string of the molecule is O=C(O)C=CC(=O)O.O=C1Nc2ccccc2C(c2ccccc2)N1C1CCN(Cc2cccc(OC(F)(F)F)c2)CC1. The van der Waals surface area contributed by atoms with Crippen molar-refractivity contribution in [2.45, 2.75) is 37.8 Å². The summed E-state index contributed by atoms with van der Waals surface area (Å²) < 4.78 is 41.7. The quantitative estimate of drug-likeness (QED) is 0.290. The maximum absolute atomic E-state index is 13.3. The van der Waals surface area contributed by atoms with Gasteiger partial charge in [0.2, 0.25) is 0 Å². The summed E-state index contributed by atoms with van der Waals surface area (Å²) >= 11 is 0. The van der Waals surface area contributed by atoms with Crippen molar-refractivity contribution in [1.29, 1.82) is 0 Å². The number of carbonyl (C=O) groups excluding carboxylic acids is 1. The number of amides is 2.